The van der Waals surface area contributed by atoms with Gasteiger partial charge < -0.3 is 5.32 Å². The number of carbonyl (C=O) groups is 3. The van der Waals surface area contributed by atoms with Gasteiger partial charge in [-0.1, -0.05) is 30.3 Å². The van der Waals surface area contributed by atoms with Crippen molar-refractivity contribution in [2.75, 3.05) is 16.6 Å². The van der Waals surface area contributed by atoms with E-state index in [0.29, 0.717) is 5.69 Å². The number of imide groups is 1. The van der Waals surface area contributed by atoms with Crippen LogP contribution in [0.25, 0.3) is 6.08 Å². The van der Waals surface area contributed by atoms with Crippen LogP contribution in [-0.2, 0) is 19.6 Å². The van der Waals surface area contributed by atoms with Crippen LogP contribution in [-0.4, -0.2) is 41.9 Å². The van der Waals surface area contributed by atoms with Crippen molar-refractivity contribution in [1.82, 2.24) is 9.88 Å². The summed E-state index contributed by atoms with van der Waals surface area (Å²) in [6.45, 7) is -0.456. The van der Waals surface area contributed by atoms with Crippen LogP contribution in [0.4, 0.5) is 15.6 Å². The molecule has 0 radical (unpaired) electrons. The minimum absolute atomic E-state index is 0.00677. The van der Waals surface area contributed by atoms with Gasteiger partial charge in [-0.05, 0) is 47.7 Å². The molecule has 12 heteroatoms. The van der Waals surface area contributed by atoms with E-state index >= 15 is 0 Å². The first-order chi connectivity index (χ1) is 15.8. The van der Waals surface area contributed by atoms with Crippen LogP contribution >= 0.6 is 23.1 Å². The number of nitrogens with zero attached hydrogens (tertiary/aromatic N) is 2. The molecule has 33 heavy (non-hydrogen) atoms. The lowest BCUT2D eigenvalue weighted by Gasteiger charge is -2.13. The Morgan fingerprint density at radius 1 is 1.06 bits per heavy atom. The Bertz CT molecular complexity index is 1320. The molecule has 3 amide bonds. The Morgan fingerprint density at radius 2 is 1.79 bits per heavy atom. The Kier molecular flexibility index (Phi) is 6.58. The van der Waals surface area contributed by atoms with Gasteiger partial charge in [-0.25, -0.2) is 13.4 Å². The third-order valence-electron chi connectivity index (χ3n) is 4.38. The first-order valence-corrected chi connectivity index (χ1v) is 12.6. The highest BCUT2D eigenvalue weighted by Crippen LogP contribution is 2.32. The van der Waals surface area contributed by atoms with Crippen molar-refractivity contribution in [2.24, 2.45) is 0 Å². The maximum Gasteiger partial charge on any atom is 0.294 e. The molecule has 0 aliphatic carbocycles. The Labute approximate surface area is 197 Å². The lowest BCUT2D eigenvalue weighted by molar-refractivity contribution is -0.127. The number of aromatic nitrogens is 1. The van der Waals surface area contributed by atoms with Crippen molar-refractivity contribution in [3.8, 4) is 0 Å². The van der Waals surface area contributed by atoms with E-state index < -0.39 is 33.6 Å². The predicted octanol–water partition coefficient (Wildman–Crippen LogP) is 3.62. The van der Waals surface area contributed by atoms with Crippen LogP contribution in [0.3, 0.4) is 0 Å². The van der Waals surface area contributed by atoms with Crippen molar-refractivity contribution in [2.45, 2.75) is 4.90 Å². The zero-order chi connectivity index (χ0) is 23.4. The van der Waals surface area contributed by atoms with Gasteiger partial charge in [0.05, 0.1) is 9.80 Å². The van der Waals surface area contributed by atoms with Gasteiger partial charge in [0, 0.05) is 17.3 Å². The predicted molar refractivity (Wildman–Crippen MR) is 127 cm³/mol. The van der Waals surface area contributed by atoms with Gasteiger partial charge in [0.2, 0.25) is 5.91 Å². The summed E-state index contributed by atoms with van der Waals surface area (Å²) in [5, 5.41) is 3.91. The highest BCUT2D eigenvalue weighted by atomic mass is 32.2. The highest BCUT2D eigenvalue weighted by molar-refractivity contribution is 8.18. The number of thioether (sulfide) groups is 1. The van der Waals surface area contributed by atoms with E-state index in [2.05, 4.69) is 15.0 Å². The standard InChI is InChI=1S/C21H16N4O5S3/c26-18(13-25-19(27)17(32-21(25)28)12-14-4-2-1-3-5-14)23-15-6-8-16(9-7-15)33(29,30)24-20-22-10-11-31-20/h1-12H,13H2,(H,22,24)(H,23,26). The molecule has 0 bridgehead atoms. The number of hydrogen-bond acceptors (Lipinski definition) is 8. The molecule has 4 rings (SSSR count). The molecule has 0 saturated carbocycles. The van der Waals surface area contributed by atoms with E-state index in [9.17, 15) is 22.8 Å². The van der Waals surface area contributed by atoms with Crippen molar-refractivity contribution in [1.29, 1.82) is 0 Å². The molecule has 3 aromatic rings. The molecular weight excluding hydrogens is 484 g/mol. The first-order valence-electron chi connectivity index (χ1n) is 9.44. The third-order valence-corrected chi connectivity index (χ3v) is 7.45. The Hall–Kier alpha value is -3.48. The van der Waals surface area contributed by atoms with Crippen LogP contribution in [0.1, 0.15) is 5.56 Å². The van der Waals surface area contributed by atoms with Gasteiger partial charge >= 0.3 is 0 Å². The molecule has 2 heterocycles. The summed E-state index contributed by atoms with van der Waals surface area (Å²) < 4.78 is 27.1. The van der Waals surface area contributed by atoms with Crippen LogP contribution in [0, 0.1) is 0 Å². The largest absolute Gasteiger partial charge is 0.325 e. The average Bonchev–Trinajstić information content (AvgIpc) is 3.38. The Balaban J connectivity index is 1.38. The number of sulfonamides is 1. The molecule has 2 aromatic carbocycles. The van der Waals surface area contributed by atoms with Gasteiger partial charge in [0.25, 0.3) is 21.2 Å². The van der Waals surface area contributed by atoms with Crippen molar-refractivity contribution in [3.63, 3.8) is 0 Å². The molecule has 1 aliphatic heterocycles. The summed E-state index contributed by atoms with van der Waals surface area (Å²) in [6, 6.07) is 14.6. The smallest absolute Gasteiger partial charge is 0.294 e. The number of rotatable bonds is 7. The molecule has 9 nitrogen and oxygen atoms in total. The second kappa shape index (κ2) is 9.57. The van der Waals surface area contributed by atoms with Gasteiger partial charge in [0.1, 0.15) is 6.54 Å². The normalized spacial score (nSPS) is 15.2. The fourth-order valence-electron chi connectivity index (χ4n) is 2.85. The summed E-state index contributed by atoms with van der Waals surface area (Å²) in [6.07, 6.45) is 3.08. The summed E-state index contributed by atoms with van der Waals surface area (Å²) in [5.41, 5.74) is 1.09. The highest BCUT2D eigenvalue weighted by Gasteiger charge is 2.36. The maximum atomic E-state index is 12.6. The number of benzene rings is 2. The summed E-state index contributed by atoms with van der Waals surface area (Å²) >= 11 is 1.92. The molecule has 0 unspecified atom stereocenters. The lowest BCUT2D eigenvalue weighted by Crippen LogP contribution is -2.36. The molecule has 2 N–H and O–H groups in total. The number of amides is 3. The number of thiazole rings is 1. The van der Waals surface area contributed by atoms with Crippen molar-refractivity contribution < 1.29 is 22.8 Å². The maximum absolute atomic E-state index is 12.6. The van der Waals surface area contributed by atoms with E-state index in [0.717, 1.165) is 33.6 Å². The zero-order valence-corrected chi connectivity index (χ0v) is 19.2. The second-order valence-corrected chi connectivity index (χ2v) is 10.3. The molecule has 0 spiro atoms. The van der Waals surface area contributed by atoms with E-state index in [4.69, 9.17) is 0 Å². The van der Waals surface area contributed by atoms with Crippen LogP contribution in [0.5, 0.6) is 0 Å². The molecule has 1 aliphatic rings. The topological polar surface area (TPSA) is 126 Å². The number of hydrogen-bond donors (Lipinski definition) is 2. The lowest BCUT2D eigenvalue weighted by atomic mass is 10.2. The Morgan fingerprint density at radius 3 is 2.45 bits per heavy atom. The van der Waals surface area contributed by atoms with Crippen LogP contribution in [0.15, 0.2) is 76.0 Å². The molecular formula is C21H16N4O5S3. The summed E-state index contributed by atoms with van der Waals surface area (Å²) in [7, 11) is -3.82. The van der Waals surface area contributed by atoms with E-state index in [1.165, 1.54) is 30.5 Å². The number of anilines is 2. The van der Waals surface area contributed by atoms with Crippen molar-refractivity contribution in [3.05, 3.63) is 76.6 Å². The number of carbonyl (C=O) groups excluding carboxylic acids is 3. The quantitative estimate of drug-likeness (QED) is 0.475. The minimum atomic E-state index is -3.82. The van der Waals surface area contributed by atoms with Gasteiger partial charge in [0.15, 0.2) is 5.13 Å². The molecule has 1 saturated heterocycles. The first kappa shape index (κ1) is 22.7. The fourth-order valence-corrected chi connectivity index (χ4v) is 5.47. The third kappa shape index (κ3) is 5.48. The zero-order valence-electron chi connectivity index (χ0n) is 16.8. The average molecular weight is 501 g/mol. The molecule has 1 fully saturated rings. The van der Waals surface area contributed by atoms with Gasteiger partial charge in [-0.15, -0.1) is 11.3 Å². The van der Waals surface area contributed by atoms with Crippen molar-refractivity contribution >= 4 is 67.1 Å². The molecule has 1 aromatic heterocycles. The number of nitrogens with one attached hydrogen (secondary N) is 2. The SMILES string of the molecule is O=C(CN1C(=O)SC(=Cc2ccccc2)C1=O)Nc1ccc(S(=O)(=O)Nc2nccs2)cc1. The summed E-state index contributed by atoms with van der Waals surface area (Å²) in [4.78, 5) is 42.2. The molecule has 168 valence electrons. The summed E-state index contributed by atoms with van der Waals surface area (Å²) in [5.74, 6) is -1.13. The van der Waals surface area contributed by atoms with Crippen LogP contribution in [0.2, 0.25) is 0 Å². The van der Waals surface area contributed by atoms with Crippen LogP contribution < -0.4 is 10.0 Å². The molecule has 0 atom stereocenters. The van der Waals surface area contributed by atoms with E-state index in [1.807, 2.05) is 18.2 Å². The second-order valence-electron chi connectivity index (χ2n) is 6.69. The van der Waals surface area contributed by atoms with Gasteiger partial charge in [-0.3, -0.25) is 24.0 Å². The fraction of sp³-hybridized carbons (Fsp3) is 0.0476. The minimum Gasteiger partial charge on any atom is -0.325 e. The van der Waals surface area contributed by atoms with E-state index in [-0.39, 0.29) is 14.9 Å². The van der Waals surface area contributed by atoms with E-state index in [1.54, 1.807) is 23.6 Å². The van der Waals surface area contributed by atoms with Gasteiger partial charge in [-0.2, -0.15) is 0 Å². The monoisotopic (exact) mass is 500 g/mol.